The van der Waals surface area contributed by atoms with E-state index >= 15 is 0 Å². The molecule has 2 fully saturated rings. The van der Waals surface area contributed by atoms with Crippen molar-refractivity contribution in [1.82, 2.24) is 0 Å². The summed E-state index contributed by atoms with van der Waals surface area (Å²) in [5.74, 6) is -0.0846. The Balaban J connectivity index is 1.63. The van der Waals surface area contributed by atoms with Crippen molar-refractivity contribution in [3.05, 3.63) is 51.6 Å². The number of carbonyl (C=O) groups is 1. The van der Waals surface area contributed by atoms with Gasteiger partial charge >= 0.3 is 0 Å². The van der Waals surface area contributed by atoms with Crippen molar-refractivity contribution in [2.45, 2.75) is 0 Å². The standard InChI is InChI=1S/C21H24IN3O3/c22-18-4-2-1-3-17(18)21(26)23-19-6-5-16(24-7-11-27-12-8-24)15-20(19)25-9-13-28-14-10-25/h1-6,15H,7-14H2,(H,23,26). The monoisotopic (exact) mass is 493 g/mol. The van der Waals surface area contributed by atoms with Gasteiger partial charge in [0.25, 0.3) is 5.91 Å². The first kappa shape index (κ1) is 19.5. The fourth-order valence-corrected chi connectivity index (χ4v) is 4.18. The molecule has 0 atom stereocenters. The number of nitrogens with zero attached hydrogens (tertiary/aromatic N) is 2. The predicted octanol–water partition coefficient (Wildman–Crippen LogP) is 3.22. The minimum absolute atomic E-state index is 0.0846. The second kappa shape index (κ2) is 9.11. The SMILES string of the molecule is O=C(Nc1ccc(N2CCOCC2)cc1N1CCOCC1)c1ccccc1I. The molecule has 2 aromatic carbocycles. The molecule has 28 heavy (non-hydrogen) atoms. The van der Waals surface area contributed by atoms with Crippen LogP contribution in [0.2, 0.25) is 0 Å². The van der Waals surface area contributed by atoms with E-state index in [9.17, 15) is 4.79 Å². The van der Waals surface area contributed by atoms with Gasteiger partial charge in [0.15, 0.2) is 0 Å². The highest BCUT2D eigenvalue weighted by molar-refractivity contribution is 14.1. The highest BCUT2D eigenvalue weighted by Gasteiger charge is 2.20. The number of hydrogen-bond donors (Lipinski definition) is 1. The summed E-state index contributed by atoms with van der Waals surface area (Å²) < 4.78 is 11.9. The molecule has 6 nitrogen and oxygen atoms in total. The molecule has 2 aliphatic rings. The Morgan fingerprint density at radius 2 is 1.54 bits per heavy atom. The number of hydrogen-bond acceptors (Lipinski definition) is 5. The van der Waals surface area contributed by atoms with Gasteiger partial charge in [0, 0.05) is 35.4 Å². The number of ether oxygens (including phenoxy) is 2. The van der Waals surface area contributed by atoms with Crippen LogP contribution in [0.25, 0.3) is 0 Å². The molecule has 0 bridgehead atoms. The first-order valence-corrected chi connectivity index (χ1v) is 10.7. The van der Waals surface area contributed by atoms with E-state index < -0.39 is 0 Å². The molecule has 0 aliphatic carbocycles. The molecule has 0 spiro atoms. The normalized spacial score (nSPS) is 17.5. The third-order valence-electron chi connectivity index (χ3n) is 5.08. The van der Waals surface area contributed by atoms with Gasteiger partial charge in [0.05, 0.1) is 43.4 Å². The largest absolute Gasteiger partial charge is 0.378 e. The van der Waals surface area contributed by atoms with Gasteiger partial charge in [-0.25, -0.2) is 0 Å². The van der Waals surface area contributed by atoms with Crippen LogP contribution in [0.4, 0.5) is 17.1 Å². The molecule has 0 saturated carbocycles. The summed E-state index contributed by atoms with van der Waals surface area (Å²) in [7, 11) is 0. The lowest BCUT2D eigenvalue weighted by molar-refractivity contribution is 0.102. The van der Waals surface area contributed by atoms with Crippen LogP contribution in [-0.4, -0.2) is 58.5 Å². The van der Waals surface area contributed by atoms with Gasteiger partial charge in [0.1, 0.15) is 0 Å². The molecular formula is C21H24IN3O3. The second-order valence-electron chi connectivity index (χ2n) is 6.83. The summed E-state index contributed by atoms with van der Waals surface area (Å²) in [6.45, 7) is 6.30. The van der Waals surface area contributed by atoms with Gasteiger partial charge in [-0.15, -0.1) is 0 Å². The molecule has 0 radical (unpaired) electrons. The minimum atomic E-state index is -0.0846. The van der Waals surface area contributed by atoms with Crippen molar-refractivity contribution < 1.29 is 14.3 Å². The average molecular weight is 493 g/mol. The zero-order chi connectivity index (χ0) is 19.3. The maximum Gasteiger partial charge on any atom is 0.256 e. The topological polar surface area (TPSA) is 54.0 Å². The van der Waals surface area contributed by atoms with E-state index in [-0.39, 0.29) is 5.91 Å². The zero-order valence-electron chi connectivity index (χ0n) is 15.7. The Morgan fingerprint density at radius 3 is 2.21 bits per heavy atom. The van der Waals surface area contributed by atoms with E-state index in [0.29, 0.717) is 18.8 Å². The molecule has 2 aromatic rings. The highest BCUT2D eigenvalue weighted by Crippen LogP contribution is 2.32. The van der Waals surface area contributed by atoms with Crippen LogP contribution in [0.5, 0.6) is 0 Å². The number of halogens is 1. The number of benzene rings is 2. The molecule has 2 saturated heterocycles. The number of morpholine rings is 2. The Bertz CT molecular complexity index is 833. The highest BCUT2D eigenvalue weighted by atomic mass is 127. The second-order valence-corrected chi connectivity index (χ2v) is 8.00. The van der Waals surface area contributed by atoms with Crippen LogP contribution in [-0.2, 0) is 9.47 Å². The number of anilines is 3. The average Bonchev–Trinajstić information content (AvgIpc) is 2.75. The summed E-state index contributed by atoms with van der Waals surface area (Å²) in [5.41, 5.74) is 3.74. The lowest BCUT2D eigenvalue weighted by Crippen LogP contribution is -2.38. The lowest BCUT2D eigenvalue weighted by Gasteiger charge is -2.33. The van der Waals surface area contributed by atoms with Gasteiger partial charge < -0.3 is 24.6 Å². The van der Waals surface area contributed by atoms with Gasteiger partial charge in [-0.05, 0) is 52.9 Å². The van der Waals surface area contributed by atoms with E-state index in [4.69, 9.17) is 9.47 Å². The van der Waals surface area contributed by atoms with Gasteiger partial charge in [-0.3, -0.25) is 4.79 Å². The first-order chi connectivity index (χ1) is 13.7. The first-order valence-electron chi connectivity index (χ1n) is 9.58. The van der Waals surface area contributed by atoms with Crippen molar-refractivity contribution in [3.63, 3.8) is 0 Å². The van der Waals surface area contributed by atoms with E-state index in [1.165, 1.54) is 0 Å². The van der Waals surface area contributed by atoms with Crippen LogP contribution < -0.4 is 15.1 Å². The molecule has 4 rings (SSSR count). The van der Waals surface area contributed by atoms with E-state index in [2.05, 4.69) is 49.8 Å². The summed E-state index contributed by atoms with van der Waals surface area (Å²) in [6, 6.07) is 13.9. The molecule has 0 aromatic heterocycles. The van der Waals surface area contributed by atoms with Crippen LogP contribution in [0.15, 0.2) is 42.5 Å². The molecule has 1 amide bonds. The van der Waals surface area contributed by atoms with Crippen molar-refractivity contribution in [2.24, 2.45) is 0 Å². The van der Waals surface area contributed by atoms with Crippen LogP contribution >= 0.6 is 22.6 Å². The Hall–Kier alpha value is -1.84. The zero-order valence-corrected chi connectivity index (χ0v) is 17.9. The van der Waals surface area contributed by atoms with Gasteiger partial charge in [-0.1, -0.05) is 12.1 Å². The van der Waals surface area contributed by atoms with Crippen LogP contribution in [0.3, 0.4) is 0 Å². The molecule has 2 aliphatic heterocycles. The molecule has 2 heterocycles. The molecule has 148 valence electrons. The molecular weight excluding hydrogens is 469 g/mol. The Morgan fingerprint density at radius 1 is 0.893 bits per heavy atom. The molecule has 1 N–H and O–H groups in total. The van der Waals surface area contributed by atoms with Crippen molar-refractivity contribution in [1.29, 1.82) is 0 Å². The summed E-state index contributed by atoms with van der Waals surface area (Å²) in [5, 5.41) is 3.13. The van der Waals surface area contributed by atoms with Crippen LogP contribution in [0, 0.1) is 3.57 Å². The summed E-state index contributed by atoms with van der Waals surface area (Å²) in [6.07, 6.45) is 0. The van der Waals surface area contributed by atoms with Gasteiger partial charge in [0.2, 0.25) is 0 Å². The number of amides is 1. The lowest BCUT2D eigenvalue weighted by atomic mass is 10.1. The third-order valence-corrected chi connectivity index (χ3v) is 6.02. The predicted molar refractivity (Wildman–Crippen MR) is 120 cm³/mol. The fraction of sp³-hybridized carbons (Fsp3) is 0.381. The van der Waals surface area contributed by atoms with Crippen molar-refractivity contribution in [3.8, 4) is 0 Å². The third kappa shape index (κ3) is 4.42. The smallest absolute Gasteiger partial charge is 0.256 e. The Kier molecular flexibility index (Phi) is 6.33. The van der Waals surface area contributed by atoms with E-state index in [1.54, 1.807) is 0 Å². The fourth-order valence-electron chi connectivity index (χ4n) is 3.54. The van der Waals surface area contributed by atoms with E-state index in [1.807, 2.05) is 30.3 Å². The van der Waals surface area contributed by atoms with E-state index in [0.717, 1.165) is 60.0 Å². The minimum Gasteiger partial charge on any atom is -0.378 e. The number of carbonyl (C=O) groups excluding carboxylic acids is 1. The van der Waals surface area contributed by atoms with Crippen molar-refractivity contribution >= 4 is 45.6 Å². The Labute approximate surface area is 178 Å². The molecule has 7 heteroatoms. The summed E-state index contributed by atoms with van der Waals surface area (Å²) >= 11 is 2.20. The quantitative estimate of drug-likeness (QED) is 0.664. The maximum atomic E-state index is 12.9. The molecule has 0 unspecified atom stereocenters. The van der Waals surface area contributed by atoms with Crippen molar-refractivity contribution in [2.75, 3.05) is 67.7 Å². The number of rotatable bonds is 4. The van der Waals surface area contributed by atoms with Gasteiger partial charge in [-0.2, -0.15) is 0 Å². The number of nitrogens with one attached hydrogen (secondary N) is 1. The summed E-state index contributed by atoms with van der Waals surface area (Å²) in [4.78, 5) is 17.5. The van der Waals surface area contributed by atoms with Crippen LogP contribution in [0.1, 0.15) is 10.4 Å². The maximum absolute atomic E-state index is 12.9.